The molecule has 1 unspecified atom stereocenters. The summed E-state index contributed by atoms with van der Waals surface area (Å²) in [6.07, 6.45) is 4.50. The Hall–Kier alpha value is -2.09. The number of nitrogens with zero attached hydrogens (tertiary/aromatic N) is 1. The van der Waals surface area contributed by atoms with Crippen LogP contribution in [0.3, 0.4) is 0 Å². The van der Waals surface area contributed by atoms with Gasteiger partial charge in [0, 0.05) is 24.1 Å². The van der Waals surface area contributed by atoms with Crippen molar-refractivity contribution in [1.29, 1.82) is 0 Å². The maximum absolute atomic E-state index is 12.9. The summed E-state index contributed by atoms with van der Waals surface area (Å²) in [4.78, 5) is 15.0. The molecule has 0 spiro atoms. The number of aryl methyl sites for hydroxylation is 1. The number of hydrogen-bond acceptors (Lipinski definition) is 1. The van der Waals surface area contributed by atoms with Gasteiger partial charge in [-0.25, -0.2) is 0 Å². The lowest BCUT2D eigenvalue weighted by Gasteiger charge is -2.45. The summed E-state index contributed by atoms with van der Waals surface area (Å²) < 4.78 is 0. The van der Waals surface area contributed by atoms with Crippen molar-refractivity contribution >= 4 is 5.91 Å². The molecule has 1 aliphatic heterocycles. The van der Waals surface area contributed by atoms with Crippen molar-refractivity contribution in [3.63, 3.8) is 0 Å². The Morgan fingerprint density at radius 2 is 1.73 bits per heavy atom. The first-order valence-electron chi connectivity index (χ1n) is 8.28. The zero-order valence-corrected chi connectivity index (χ0v) is 12.7. The molecule has 1 amide bonds. The number of carbonyl (C=O) groups excluding carboxylic acids is 1. The molecule has 1 saturated heterocycles. The molecule has 2 heteroatoms. The van der Waals surface area contributed by atoms with Crippen LogP contribution in [0, 0.1) is 0 Å². The first-order valence-corrected chi connectivity index (χ1v) is 8.28. The summed E-state index contributed by atoms with van der Waals surface area (Å²) >= 11 is 0. The number of rotatable bonds is 1. The highest BCUT2D eigenvalue weighted by atomic mass is 16.2. The molecule has 112 valence electrons. The molecule has 0 bridgehead atoms. The van der Waals surface area contributed by atoms with Crippen molar-refractivity contribution in [2.45, 2.75) is 37.6 Å². The fraction of sp³-hybridized carbons (Fsp3) is 0.350. The van der Waals surface area contributed by atoms with Crippen LogP contribution < -0.4 is 0 Å². The second-order valence-corrected chi connectivity index (χ2v) is 6.42. The minimum absolute atomic E-state index is 0.203. The average molecular weight is 291 g/mol. The molecule has 1 heterocycles. The lowest BCUT2D eigenvalue weighted by molar-refractivity contribution is 0.0547. The van der Waals surface area contributed by atoms with Crippen molar-refractivity contribution in [3.8, 4) is 0 Å². The third-order valence-corrected chi connectivity index (χ3v) is 5.22. The molecule has 0 aromatic heterocycles. The minimum Gasteiger partial charge on any atom is -0.335 e. The van der Waals surface area contributed by atoms with Crippen LogP contribution in [0.1, 0.15) is 46.7 Å². The Bertz CT molecular complexity index is 679. The van der Waals surface area contributed by atoms with E-state index >= 15 is 0 Å². The molecule has 2 atom stereocenters. The van der Waals surface area contributed by atoms with E-state index in [1.165, 1.54) is 17.5 Å². The fourth-order valence-corrected chi connectivity index (χ4v) is 4.20. The van der Waals surface area contributed by atoms with E-state index in [0.29, 0.717) is 12.0 Å². The Labute approximate surface area is 131 Å². The molecular formula is C20H21NO. The van der Waals surface area contributed by atoms with Crippen molar-refractivity contribution < 1.29 is 4.79 Å². The molecule has 2 aromatic carbocycles. The van der Waals surface area contributed by atoms with Crippen molar-refractivity contribution in [2.24, 2.45) is 0 Å². The normalized spacial score (nSPS) is 23.5. The van der Waals surface area contributed by atoms with E-state index in [1.807, 2.05) is 30.3 Å². The lowest BCUT2D eigenvalue weighted by atomic mass is 9.74. The summed E-state index contributed by atoms with van der Waals surface area (Å²) in [6.45, 7) is 0.900. The van der Waals surface area contributed by atoms with Gasteiger partial charge in [-0.15, -0.1) is 0 Å². The van der Waals surface area contributed by atoms with Gasteiger partial charge in [-0.3, -0.25) is 4.79 Å². The molecule has 4 rings (SSSR count). The molecule has 22 heavy (non-hydrogen) atoms. The smallest absolute Gasteiger partial charge is 0.254 e. The molecule has 2 aliphatic rings. The van der Waals surface area contributed by atoms with E-state index in [-0.39, 0.29) is 5.91 Å². The van der Waals surface area contributed by atoms with Gasteiger partial charge in [0.25, 0.3) is 5.91 Å². The van der Waals surface area contributed by atoms with Gasteiger partial charge in [0.15, 0.2) is 0 Å². The summed E-state index contributed by atoms with van der Waals surface area (Å²) in [5.41, 5.74) is 3.78. The Morgan fingerprint density at radius 1 is 0.955 bits per heavy atom. The summed E-state index contributed by atoms with van der Waals surface area (Å²) in [6, 6.07) is 18.9. The van der Waals surface area contributed by atoms with E-state index in [1.54, 1.807) is 0 Å². The predicted octanol–water partition coefficient (Wildman–Crippen LogP) is 4.02. The van der Waals surface area contributed by atoms with Crippen LogP contribution in [0.4, 0.5) is 0 Å². The monoisotopic (exact) mass is 291 g/mol. The standard InChI is InChI=1S/C20H21NO/c22-20(16-8-2-1-3-9-16)21-14-6-11-18-17-10-5-4-7-15(17)12-13-19(18)21/h1-5,7-10,18-19H,6,11-14H2/t18?,19-/m1/s1. The van der Waals surface area contributed by atoms with E-state index in [0.717, 1.165) is 31.4 Å². The molecule has 2 nitrogen and oxygen atoms in total. The number of piperidine rings is 1. The van der Waals surface area contributed by atoms with Crippen LogP contribution in [0.2, 0.25) is 0 Å². The highest BCUT2D eigenvalue weighted by Gasteiger charge is 2.38. The van der Waals surface area contributed by atoms with Crippen LogP contribution in [-0.2, 0) is 6.42 Å². The Balaban J connectivity index is 1.65. The molecule has 2 aromatic rings. The zero-order chi connectivity index (χ0) is 14.9. The summed E-state index contributed by atoms with van der Waals surface area (Å²) in [5, 5.41) is 0. The van der Waals surface area contributed by atoms with Gasteiger partial charge in [0.1, 0.15) is 0 Å². The van der Waals surface area contributed by atoms with Crippen molar-refractivity contribution in [1.82, 2.24) is 4.90 Å². The first-order chi connectivity index (χ1) is 10.8. The van der Waals surface area contributed by atoms with Gasteiger partial charge < -0.3 is 4.90 Å². The van der Waals surface area contributed by atoms with Gasteiger partial charge in [-0.05, 0) is 48.9 Å². The maximum atomic E-state index is 12.9. The summed E-state index contributed by atoms with van der Waals surface area (Å²) in [7, 11) is 0. The number of likely N-dealkylation sites (tertiary alicyclic amines) is 1. The highest BCUT2D eigenvalue weighted by molar-refractivity contribution is 5.94. The topological polar surface area (TPSA) is 20.3 Å². The number of benzene rings is 2. The largest absolute Gasteiger partial charge is 0.335 e. The van der Waals surface area contributed by atoms with Gasteiger partial charge in [-0.2, -0.15) is 0 Å². The number of hydrogen-bond donors (Lipinski definition) is 0. The molecule has 0 radical (unpaired) electrons. The van der Waals surface area contributed by atoms with E-state index < -0.39 is 0 Å². The van der Waals surface area contributed by atoms with Gasteiger partial charge >= 0.3 is 0 Å². The third-order valence-electron chi connectivity index (χ3n) is 5.22. The predicted molar refractivity (Wildman–Crippen MR) is 88.0 cm³/mol. The number of carbonyl (C=O) groups is 1. The van der Waals surface area contributed by atoms with Crippen molar-refractivity contribution in [2.75, 3.05) is 6.54 Å². The highest BCUT2D eigenvalue weighted by Crippen LogP contribution is 2.40. The number of amides is 1. The van der Waals surface area contributed by atoms with Crippen LogP contribution in [-0.4, -0.2) is 23.4 Å². The molecule has 1 aliphatic carbocycles. The average Bonchev–Trinajstić information content (AvgIpc) is 2.61. The molecular weight excluding hydrogens is 270 g/mol. The van der Waals surface area contributed by atoms with Crippen LogP contribution in [0.25, 0.3) is 0 Å². The van der Waals surface area contributed by atoms with E-state index in [9.17, 15) is 4.79 Å². The number of fused-ring (bicyclic) bond motifs is 3. The van der Waals surface area contributed by atoms with Crippen LogP contribution in [0.5, 0.6) is 0 Å². The Morgan fingerprint density at radius 3 is 2.59 bits per heavy atom. The second-order valence-electron chi connectivity index (χ2n) is 6.42. The third kappa shape index (κ3) is 2.23. The van der Waals surface area contributed by atoms with Crippen LogP contribution in [0.15, 0.2) is 54.6 Å². The zero-order valence-electron chi connectivity index (χ0n) is 12.7. The lowest BCUT2D eigenvalue weighted by Crippen LogP contribution is -2.49. The fourth-order valence-electron chi connectivity index (χ4n) is 4.20. The molecule has 1 fully saturated rings. The maximum Gasteiger partial charge on any atom is 0.254 e. The summed E-state index contributed by atoms with van der Waals surface area (Å²) in [5.74, 6) is 0.723. The quantitative estimate of drug-likeness (QED) is 0.777. The SMILES string of the molecule is O=C(c1ccccc1)N1CCCC2c3ccccc3CC[C@H]21. The first kappa shape index (κ1) is 13.6. The second kappa shape index (κ2) is 5.60. The van der Waals surface area contributed by atoms with Gasteiger partial charge in [0.05, 0.1) is 0 Å². The van der Waals surface area contributed by atoms with Crippen LogP contribution >= 0.6 is 0 Å². The van der Waals surface area contributed by atoms with E-state index in [2.05, 4.69) is 29.2 Å². The Kier molecular flexibility index (Phi) is 3.45. The van der Waals surface area contributed by atoms with E-state index in [4.69, 9.17) is 0 Å². The van der Waals surface area contributed by atoms with Gasteiger partial charge in [0.2, 0.25) is 0 Å². The minimum atomic E-state index is 0.203. The van der Waals surface area contributed by atoms with Crippen molar-refractivity contribution in [3.05, 3.63) is 71.3 Å². The van der Waals surface area contributed by atoms with Gasteiger partial charge in [-0.1, -0.05) is 42.5 Å². The molecule has 0 saturated carbocycles. The molecule has 0 N–H and O–H groups in total.